The fraction of sp³-hybridized carbons (Fsp3) is 0.389. The Morgan fingerprint density at radius 2 is 2.04 bits per heavy atom. The van der Waals surface area contributed by atoms with E-state index in [1.807, 2.05) is 11.9 Å². The fourth-order valence-electron chi connectivity index (χ4n) is 3.14. The SMILES string of the molecule is CCc1ccc2nc(N3CCN(C(=O)c4cncn4C)CC3)sc2c1. The standard InChI is InChI=1S/C18H21N5OS/c1-3-13-4-5-14-16(10-13)25-18(20-14)23-8-6-22(7-9-23)17(24)15-11-19-12-21(15)2/h4-5,10-12H,3,6-9H2,1-2H3. The van der Waals surface area contributed by atoms with Gasteiger partial charge in [-0.15, -0.1) is 0 Å². The van der Waals surface area contributed by atoms with Gasteiger partial charge in [-0.05, 0) is 24.1 Å². The van der Waals surface area contributed by atoms with Gasteiger partial charge in [-0.2, -0.15) is 0 Å². The van der Waals surface area contributed by atoms with E-state index in [0.717, 1.165) is 30.2 Å². The molecule has 3 heterocycles. The monoisotopic (exact) mass is 355 g/mol. The van der Waals surface area contributed by atoms with Crippen LogP contribution in [-0.4, -0.2) is 51.5 Å². The first kappa shape index (κ1) is 16.1. The molecule has 4 rings (SSSR count). The molecule has 0 bridgehead atoms. The molecule has 0 atom stereocenters. The van der Waals surface area contributed by atoms with Gasteiger partial charge in [-0.1, -0.05) is 24.3 Å². The number of amides is 1. The van der Waals surface area contributed by atoms with E-state index in [-0.39, 0.29) is 5.91 Å². The lowest BCUT2D eigenvalue weighted by molar-refractivity contribution is 0.0737. The Kier molecular flexibility index (Phi) is 4.17. The predicted octanol–water partition coefficient (Wildman–Crippen LogP) is 2.55. The number of benzene rings is 1. The number of fused-ring (bicyclic) bond motifs is 1. The number of aromatic nitrogens is 3. The molecule has 0 aliphatic carbocycles. The largest absolute Gasteiger partial charge is 0.345 e. The van der Waals surface area contributed by atoms with Gasteiger partial charge in [0.05, 0.1) is 22.7 Å². The lowest BCUT2D eigenvalue weighted by atomic mass is 10.2. The smallest absolute Gasteiger partial charge is 0.272 e. The van der Waals surface area contributed by atoms with Gasteiger partial charge >= 0.3 is 0 Å². The van der Waals surface area contributed by atoms with E-state index in [1.165, 1.54) is 10.3 Å². The second-order valence-corrected chi connectivity index (χ2v) is 7.33. The highest BCUT2D eigenvalue weighted by Gasteiger charge is 2.25. The Labute approximate surface area is 150 Å². The number of rotatable bonds is 3. The second kappa shape index (κ2) is 6.48. The molecule has 1 amide bonds. The fourth-order valence-corrected chi connectivity index (χ4v) is 4.22. The topological polar surface area (TPSA) is 54.3 Å². The van der Waals surface area contributed by atoms with Crippen molar-refractivity contribution in [3.63, 3.8) is 0 Å². The highest BCUT2D eigenvalue weighted by atomic mass is 32.1. The van der Waals surface area contributed by atoms with Crippen molar-refractivity contribution in [3.05, 3.63) is 42.0 Å². The minimum Gasteiger partial charge on any atom is -0.345 e. The number of carbonyl (C=O) groups is 1. The highest BCUT2D eigenvalue weighted by molar-refractivity contribution is 7.22. The third-order valence-electron chi connectivity index (χ3n) is 4.72. The predicted molar refractivity (Wildman–Crippen MR) is 100 cm³/mol. The van der Waals surface area contributed by atoms with Crippen molar-refractivity contribution in [1.82, 2.24) is 19.4 Å². The number of hydrogen-bond acceptors (Lipinski definition) is 5. The summed E-state index contributed by atoms with van der Waals surface area (Å²) in [6, 6.07) is 6.49. The van der Waals surface area contributed by atoms with E-state index < -0.39 is 0 Å². The Morgan fingerprint density at radius 1 is 1.24 bits per heavy atom. The zero-order valence-corrected chi connectivity index (χ0v) is 15.3. The molecule has 1 fully saturated rings. The lowest BCUT2D eigenvalue weighted by Crippen LogP contribution is -2.49. The molecule has 7 heteroatoms. The summed E-state index contributed by atoms with van der Waals surface area (Å²) in [4.78, 5) is 25.6. The molecule has 0 spiro atoms. The molecule has 1 aliphatic heterocycles. The number of carbonyl (C=O) groups excluding carboxylic acids is 1. The van der Waals surface area contributed by atoms with Gasteiger partial charge in [0.2, 0.25) is 0 Å². The first-order chi connectivity index (χ1) is 12.2. The van der Waals surface area contributed by atoms with Crippen LogP contribution < -0.4 is 4.90 Å². The van der Waals surface area contributed by atoms with Crippen molar-refractivity contribution in [1.29, 1.82) is 0 Å². The molecule has 0 unspecified atom stereocenters. The van der Waals surface area contributed by atoms with Crippen molar-refractivity contribution in [2.75, 3.05) is 31.1 Å². The number of aryl methyl sites for hydroxylation is 2. The van der Waals surface area contributed by atoms with Gasteiger partial charge in [0.25, 0.3) is 5.91 Å². The van der Waals surface area contributed by atoms with E-state index in [0.29, 0.717) is 18.8 Å². The summed E-state index contributed by atoms with van der Waals surface area (Å²) in [5.74, 6) is 0.0523. The quantitative estimate of drug-likeness (QED) is 0.725. The molecule has 2 aromatic heterocycles. The van der Waals surface area contributed by atoms with E-state index in [9.17, 15) is 4.79 Å². The van der Waals surface area contributed by atoms with E-state index in [4.69, 9.17) is 4.98 Å². The summed E-state index contributed by atoms with van der Waals surface area (Å²) >= 11 is 1.74. The third-order valence-corrected chi connectivity index (χ3v) is 5.80. The second-order valence-electron chi connectivity index (χ2n) is 6.32. The van der Waals surface area contributed by atoms with Gasteiger partial charge in [-0.25, -0.2) is 9.97 Å². The maximum Gasteiger partial charge on any atom is 0.272 e. The number of imidazole rings is 1. The zero-order chi connectivity index (χ0) is 17.4. The molecule has 0 radical (unpaired) electrons. The maximum atomic E-state index is 12.6. The van der Waals surface area contributed by atoms with E-state index >= 15 is 0 Å². The van der Waals surface area contributed by atoms with Crippen molar-refractivity contribution in [2.45, 2.75) is 13.3 Å². The van der Waals surface area contributed by atoms with Crippen LogP contribution in [0, 0.1) is 0 Å². The van der Waals surface area contributed by atoms with E-state index in [1.54, 1.807) is 28.4 Å². The van der Waals surface area contributed by atoms with Crippen molar-refractivity contribution in [2.24, 2.45) is 7.05 Å². The number of hydrogen-bond donors (Lipinski definition) is 0. The molecular formula is C18H21N5OS. The molecule has 0 N–H and O–H groups in total. The molecule has 0 saturated carbocycles. The van der Waals surface area contributed by atoms with Crippen LogP contribution in [0.1, 0.15) is 23.0 Å². The molecule has 1 aliphatic rings. The molecule has 3 aromatic rings. The van der Waals surface area contributed by atoms with Crippen LogP contribution in [0.4, 0.5) is 5.13 Å². The highest BCUT2D eigenvalue weighted by Crippen LogP contribution is 2.30. The van der Waals surface area contributed by atoms with Gasteiger partial charge in [0, 0.05) is 33.2 Å². The molecule has 6 nitrogen and oxygen atoms in total. The van der Waals surface area contributed by atoms with Crippen LogP contribution in [0.15, 0.2) is 30.7 Å². The lowest BCUT2D eigenvalue weighted by Gasteiger charge is -2.34. The Hall–Kier alpha value is -2.41. The summed E-state index contributed by atoms with van der Waals surface area (Å²) in [6.45, 7) is 5.20. The van der Waals surface area contributed by atoms with E-state index in [2.05, 4.69) is 35.0 Å². The van der Waals surface area contributed by atoms with Crippen molar-refractivity contribution < 1.29 is 4.79 Å². The molecule has 130 valence electrons. The first-order valence-corrected chi connectivity index (χ1v) is 9.37. The number of nitrogens with zero attached hydrogens (tertiary/aromatic N) is 5. The number of anilines is 1. The summed E-state index contributed by atoms with van der Waals surface area (Å²) in [5, 5.41) is 1.05. The van der Waals surface area contributed by atoms with Crippen LogP contribution in [0.5, 0.6) is 0 Å². The zero-order valence-electron chi connectivity index (χ0n) is 14.5. The van der Waals surface area contributed by atoms with Gasteiger partial charge in [0.1, 0.15) is 5.69 Å². The van der Waals surface area contributed by atoms with Crippen LogP contribution in [0.3, 0.4) is 0 Å². The summed E-state index contributed by atoms with van der Waals surface area (Å²) in [5.41, 5.74) is 3.04. The van der Waals surface area contributed by atoms with Crippen LogP contribution >= 0.6 is 11.3 Å². The molecule has 1 saturated heterocycles. The minimum atomic E-state index is 0.0523. The normalized spacial score (nSPS) is 15.1. The van der Waals surface area contributed by atoms with Crippen LogP contribution in [-0.2, 0) is 13.5 Å². The molecule has 25 heavy (non-hydrogen) atoms. The van der Waals surface area contributed by atoms with Gasteiger partial charge in [0.15, 0.2) is 5.13 Å². The van der Waals surface area contributed by atoms with Crippen LogP contribution in [0.2, 0.25) is 0 Å². The van der Waals surface area contributed by atoms with Crippen molar-refractivity contribution >= 4 is 32.6 Å². The average Bonchev–Trinajstić information content (AvgIpc) is 3.26. The summed E-state index contributed by atoms with van der Waals surface area (Å²) < 4.78 is 3.01. The Bertz CT molecular complexity index is 907. The number of piperazine rings is 1. The third kappa shape index (κ3) is 3.00. The number of thiazole rings is 1. The van der Waals surface area contributed by atoms with Crippen molar-refractivity contribution in [3.8, 4) is 0 Å². The Balaban J connectivity index is 1.46. The van der Waals surface area contributed by atoms with Gasteiger partial charge in [-0.3, -0.25) is 4.79 Å². The first-order valence-electron chi connectivity index (χ1n) is 8.55. The minimum absolute atomic E-state index is 0.0523. The Morgan fingerprint density at radius 3 is 2.72 bits per heavy atom. The van der Waals surface area contributed by atoms with Gasteiger partial charge < -0.3 is 14.4 Å². The molecular weight excluding hydrogens is 334 g/mol. The summed E-state index contributed by atoms with van der Waals surface area (Å²) in [7, 11) is 1.85. The average molecular weight is 355 g/mol. The van der Waals surface area contributed by atoms with Crippen LogP contribution in [0.25, 0.3) is 10.2 Å². The summed E-state index contributed by atoms with van der Waals surface area (Å²) in [6.07, 6.45) is 4.33. The molecule has 1 aromatic carbocycles. The maximum absolute atomic E-state index is 12.6.